The second kappa shape index (κ2) is 7.28. The fraction of sp³-hybridized carbons (Fsp3) is 0.588. The summed E-state index contributed by atoms with van der Waals surface area (Å²) in [4.78, 5) is 11.6. The molecule has 1 N–H and O–H groups in total. The van der Waals surface area contributed by atoms with Gasteiger partial charge in [0, 0.05) is 5.02 Å². The molecule has 0 bridgehead atoms. The van der Waals surface area contributed by atoms with Crippen molar-refractivity contribution in [1.82, 2.24) is 0 Å². The molecule has 0 aromatic heterocycles. The molecule has 21 heavy (non-hydrogen) atoms. The van der Waals surface area contributed by atoms with Crippen molar-refractivity contribution in [2.24, 2.45) is 5.92 Å². The van der Waals surface area contributed by atoms with E-state index in [0.717, 1.165) is 36.8 Å². The fourth-order valence-corrected chi connectivity index (χ4v) is 3.29. The number of rotatable bonds is 4. The summed E-state index contributed by atoms with van der Waals surface area (Å²) < 4.78 is 4.76. The predicted molar refractivity (Wildman–Crippen MR) is 83.6 cm³/mol. The molecule has 0 radical (unpaired) electrons. The SMILES string of the molecule is COC(=O)C(C)c1ccc(CC2CCCCC2O)c(Cl)c1. The summed E-state index contributed by atoms with van der Waals surface area (Å²) in [7, 11) is 1.39. The van der Waals surface area contributed by atoms with Crippen LogP contribution in [-0.4, -0.2) is 24.3 Å². The van der Waals surface area contributed by atoms with Gasteiger partial charge in [-0.3, -0.25) is 4.79 Å². The lowest BCUT2D eigenvalue weighted by Crippen LogP contribution is -2.26. The number of aliphatic hydroxyl groups excluding tert-OH is 1. The minimum Gasteiger partial charge on any atom is -0.469 e. The number of hydrogen-bond donors (Lipinski definition) is 1. The van der Waals surface area contributed by atoms with E-state index in [9.17, 15) is 9.90 Å². The largest absolute Gasteiger partial charge is 0.469 e. The molecule has 3 nitrogen and oxygen atoms in total. The number of ether oxygens (including phenoxy) is 1. The van der Waals surface area contributed by atoms with E-state index in [1.807, 2.05) is 25.1 Å². The maximum Gasteiger partial charge on any atom is 0.312 e. The van der Waals surface area contributed by atoms with Gasteiger partial charge in [0.05, 0.1) is 19.1 Å². The molecule has 3 unspecified atom stereocenters. The van der Waals surface area contributed by atoms with Crippen molar-refractivity contribution >= 4 is 17.6 Å². The lowest BCUT2D eigenvalue weighted by molar-refractivity contribution is -0.141. The van der Waals surface area contributed by atoms with Gasteiger partial charge in [0.1, 0.15) is 0 Å². The van der Waals surface area contributed by atoms with Crippen LogP contribution in [0.5, 0.6) is 0 Å². The first-order valence-electron chi connectivity index (χ1n) is 7.57. The summed E-state index contributed by atoms with van der Waals surface area (Å²) in [6.45, 7) is 1.81. The van der Waals surface area contributed by atoms with E-state index in [2.05, 4.69) is 0 Å². The molecule has 3 atom stereocenters. The van der Waals surface area contributed by atoms with Crippen LogP contribution in [-0.2, 0) is 16.0 Å². The smallest absolute Gasteiger partial charge is 0.312 e. The van der Waals surface area contributed by atoms with Crippen LogP contribution in [0.25, 0.3) is 0 Å². The Morgan fingerprint density at radius 1 is 1.43 bits per heavy atom. The quantitative estimate of drug-likeness (QED) is 0.862. The first kappa shape index (κ1) is 16.3. The standard InChI is InChI=1S/C17H23ClO3/c1-11(17(20)21-2)12-7-8-13(15(18)10-12)9-14-5-3-4-6-16(14)19/h7-8,10-11,14,16,19H,3-6,9H2,1-2H3. The van der Waals surface area contributed by atoms with Crippen LogP contribution in [0.3, 0.4) is 0 Å². The Bertz CT molecular complexity index is 501. The van der Waals surface area contributed by atoms with Gasteiger partial charge in [-0.05, 0) is 49.3 Å². The summed E-state index contributed by atoms with van der Waals surface area (Å²) >= 11 is 6.35. The Morgan fingerprint density at radius 2 is 2.14 bits per heavy atom. The van der Waals surface area contributed by atoms with Gasteiger partial charge in [0.15, 0.2) is 0 Å². The number of carbonyl (C=O) groups excluding carboxylic acids is 1. The van der Waals surface area contributed by atoms with Crippen molar-refractivity contribution in [3.8, 4) is 0 Å². The number of carbonyl (C=O) groups is 1. The lowest BCUT2D eigenvalue weighted by atomic mass is 9.82. The van der Waals surface area contributed by atoms with Crippen LogP contribution in [0, 0.1) is 5.92 Å². The van der Waals surface area contributed by atoms with E-state index in [-0.39, 0.29) is 18.0 Å². The van der Waals surface area contributed by atoms with E-state index >= 15 is 0 Å². The van der Waals surface area contributed by atoms with E-state index in [1.54, 1.807) is 0 Å². The summed E-state index contributed by atoms with van der Waals surface area (Å²) in [5, 5.41) is 10.7. The van der Waals surface area contributed by atoms with E-state index < -0.39 is 0 Å². The maximum absolute atomic E-state index is 11.6. The Hall–Kier alpha value is -1.06. The fourth-order valence-electron chi connectivity index (χ4n) is 3.02. The molecule has 1 aromatic carbocycles. The summed E-state index contributed by atoms with van der Waals surface area (Å²) in [5.41, 5.74) is 1.91. The molecule has 2 rings (SSSR count). The molecule has 1 saturated carbocycles. The Balaban J connectivity index is 2.10. The summed E-state index contributed by atoms with van der Waals surface area (Å²) in [6, 6.07) is 5.74. The molecule has 1 fully saturated rings. The second-order valence-corrected chi connectivity index (χ2v) is 6.32. The average molecular weight is 311 g/mol. The molecule has 1 aliphatic rings. The van der Waals surface area contributed by atoms with Gasteiger partial charge >= 0.3 is 5.97 Å². The molecular weight excluding hydrogens is 288 g/mol. The first-order chi connectivity index (χ1) is 10.0. The molecule has 0 spiro atoms. The lowest BCUT2D eigenvalue weighted by Gasteiger charge is -2.28. The zero-order valence-corrected chi connectivity index (χ0v) is 13.4. The van der Waals surface area contributed by atoms with E-state index in [0.29, 0.717) is 10.9 Å². The number of hydrogen-bond acceptors (Lipinski definition) is 3. The molecule has 0 aliphatic heterocycles. The van der Waals surface area contributed by atoms with Crippen molar-refractivity contribution in [2.45, 2.75) is 51.0 Å². The third-order valence-corrected chi connectivity index (χ3v) is 4.83. The van der Waals surface area contributed by atoms with Crippen molar-refractivity contribution in [3.05, 3.63) is 34.3 Å². The van der Waals surface area contributed by atoms with Crippen LogP contribution in [0.15, 0.2) is 18.2 Å². The molecule has 0 saturated heterocycles. The Labute approximate surface area is 131 Å². The van der Waals surface area contributed by atoms with Gasteiger partial charge < -0.3 is 9.84 Å². The maximum atomic E-state index is 11.6. The minimum absolute atomic E-state index is 0.219. The van der Waals surface area contributed by atoms with Crippen molar-refractivity contribution in [3.63, 3.8) is 0 Å². The highest BCUT2D eigenvalue weighted by molar-refractivity contribution is 6.31. The number of benzene rings is 1. The summed E-state index contributed by atoms with van der Waals surface area (Å²) in [5.74, 6) is -0.288. The molecule has 4 heteroatoms. The van der Waals surface area contributed by atoms with Crippen LogP contribution in [0.2, 0.25) is 5.02 Å². The summed E-state index contributed by atoms with van der Waals surface area (Å²) in [6.07, 6.45) is 4.81. The highest BCUT2D eigenvalue weighted by atomic mass is 35.5. The highest BCUT2D eigenvalue weighted by Crippen LogP contribution is 2.31. The zero-order valence-electron chi connectivity index (χ0n) is 12.6. The van der Waals surface area contributed by atoms with Gasteiger partial charge in [-0.1, -0.05) is 36.6 Å². The molecule has 0 amide bonds. The predicted octanol–water partition coefficient (Wildman–Crippen LogP) is 3.71. The van der Waals surface area contributed by atoms with Crippen molar-refractivity contribution in [2.75, 3.05) is 7.11 Å². The van der Waals surface area contributed by atoms with E-state index in [1.165, 1.54) is 13.5 Å². The molecule has 1 aliphatic carbocycles. The molecule has 116 valence electrons. The number of halogens is 1. The Kier molecular flexibility index (Phi) is 5.65. The van der Waals surface area contributed by atoms with Gasteiger partial charge in [-0.15, -0.1) is 0 Å². The third-order valence-electron chi connectivity index (χ3n) is 4.48. The number of aliphatic hydroxyl groups is 1. The van der Waals surface area contributed by atoms with E-state index in [4.69, 9.17) is 16.3 Å². The van der Waals surface area contributed by atoms with Gasteiger partial charge in [0.2, 0.25) is 0 Å². The third kappa shape index (κ3) is 3.98. The average Bonchev–Trinajstić information content (AvgIpc) is 2.49. The van der Waals surface area contributed by atoms with Crippen LogP contribution in [0.1, 0.15) is 49.7 Å². The van der Waals surface area contributed by atoms with Crippen molar-refractivity contribution < 1.29 is 14.6 Å². The van der Waals surface area contributed by atoms with Crippen molar-refractivity contribution in [1.29, 1.82) is 0 Å². The zero-order chi connectivity index (χ0) is 15.4. The molecule has 0 heterocycles. The normalized spacial score (nSPS) is 23.6. The molecule has 1 aromatic rings. The monoisotopic (exact) mass is 310 g/mol. The van der Waals surface area contributed by atoms with Crippen LogP contribution < -0.4 is 0 Å². The van der Waals surface area contributed by atoms with Gasteiger partial charge in [-0.2, -0.15) is 0 Å². The topological polar surface area (TPSA) is 46.5 Å². The van der Waals surface area contributed by atoms with Crippen LogP contribution >= 0.6 is 11.6 Å². The second-order valence-electron chi connectivity index (χ2n) is 5.91. The van der Waals surface area contributed by atoms with Gasteiger partial charge in [0.25, 0.3) is 0 Å². The highest BCUT2D eigenvalue weighted by Gasteiger charge is 2.24. The number of esters is 1. The minimum atomic E-state index is -0.318. The van der Waals surface area contributed by atoms with Crippen LogP contribution in [0.4, 0.5) is 0 Å². The Morgan fingerprint density at radius 3 is 2.76 bits per heavy atom. The number of methoxy groups -OCH3 is 1. The first-order valence-corrected chi connectivity index (χ1v) is 7.95. The molecular formula is C17H23ClO3. The van der Waals surface area contributed by atoms with Gasteiger partial charge in [-0.25, -0.2) is 0 Å².